The molecule has 0 aliphatic heterocycles. The number of rotatable bonds is 3. The van der Waals surface area contributed by atoms with Gasteiger partial charge in [0, 0.05) is 5.69 Å². The van der Waals surface area contributed by atoms with E-state index in [4.69, 9.17) is 16.7 Å². The summed E-state index contributed by atoms with van der Waals surface area (Å²) in [6.45, 7) is 1.63. The molecule has 21 heavy (non-hydrogen) atoms. The van der Waals surface area contributed by atoms with Crippen molar-refractivity contribution >= 4 is 29.2 Å². The highest BCUT2D eigenvalue weighted by Crippen LogP contribution is 2.20. The van der Waals surface area contributed by atoms with Crippen molar-refractivity contribution in [3.63, 3.8) is 0 Å². The van der Waals surface area contributed by atoms with Crippen LogP contribution in [0.2, 0.25) is 5.02 Å². The number of nitrogens with one attached hydrogen (secondary N) is 1. The Bertz CT molecular complexity index is 731. The number of aromatic carboxylic acids is 1. The molecule has 4 nitrogen and oxygen atoms in total. The molecule has 108 valence electrons. The molecule has 0 aromatic heterocycles. The number of hydrogen-bond acceptors (Lipinski definition) is 2. The number of carbonyl (C=O) groups is 2. The number of carbonyl (C=O) groups excluding carboxylic acids is 1. The van der Waals surface area contributed by atoms with Crippen LogP contribution >= 0.6 is 11.6 Å². The van der Waals surface area contributed by atoms with Gasteiger partial charge in [0.2, 0.25) is 0 Å². The first kappa shape index (κ1) is 15.0. The molecule has 0 aliphatic carbocycles. The number of carboxylic acid groups (broad SMARTS) is 1. The number of hydrogen-bond donors (Lipinski definition) is 2. The maximum Gasteiger partial charge on any atom is 0.335 e. The van der Waals surface area contributed by atoms with Gasteiger partial charge >= 0.3 is 5.97 Å². The molecule has 0 fully saturated rings. The molecule has 0 unspecified atom stereocenters. The summed E-state index contributed by atoms with van der Waals surface area (Å²) in [7, 11) is 0. The van der Waals surface area contributed by atoms with E-state index >= 15 is 0 Å². The molecular weight excluding hydrogens is 297 g/mol. The van der Waals surface area contributed by atoms with Crippen LogP contribution in [0.4, 0.5) is 10.1 Å². The summed E-state index contributed by atoms with van der Waals surface area (Å²) in [4.78, 5) is 23.0. The fourth-order valence-corrected chi connectivity index (χ4v) is 2.11. The molecule has 2 rings (SSSR count). The van der Waals surface area contributed by atoms with Crippen LogP contribution in [0.5, 0.6) is 0 Å². The second-order valence-corrected chi connectivity index (χ2v) is 4.82. The number of benzene rings is 2. The largest absolute Gasteiger partial charge is 0.478 e. The van der Waals surface area contributed by atoms with E-state index in [9.17, 15) is 14.0 Å². The van der Waals surface area contributed by atoms with Gasteiger partial charge in [0.25, 0.3) is 5.91 Å². The molecule has 0 atom stereocenters. The first-order valence-corrected chi connectivity index (χ1v) is 6.36. The molecule has 0 radical (unpaired) electrons. The number of aryl methyl sites for hydroxylation is 1. The highest BCUT2D eigenvalue weighted by Gasteiger charge is 2.13. The van der Waals surface area contributed by atoms with Crippen LogP contribution in [0.3, 0.4) is 0 Å². The van der Waals surface area contributed by atoms with Crippen molar-refractivity contribution in [2.45, 2.75) is 6.92 Å². The summed E-state index contributed by atoms with van der Waals surface area (Å²) in [5.41, 5.74) is 1.25. The van der Waals surface area contributed by atoms with E-state index in [2.05, 4.69) is 5.32 Å². The smallest absolute Gasteiger partial charge is 0.335 e. The van der Waals surface area contributed by atoms with Gasteiger partial charge in [-0.3, -0.25) is 4.79 Å². The normalized spacial score (nSPS) is 10.2. The lowest BCUT2D eigenvalue weighted by molar-refractivity contribution is 0.0696. The Morgan fingerprint density at radius 2 is 1.81 bits per heavy atom. The number of carboxylic acids is 1. The second kappa shape index (κ2) is 5.93. The molecule has 6 heteroatoms. The molecule has 2 aromatic carbocycles. The van der Waals surface area contributed by atoms with Crippen molar-refractivity contribution in [2.24, 2.45) is 0 Å². The Morgan fingerprint density at radius 1 is 1.14 bits per heavy atom. The fourth-order valence-electron chi connectivity index (χ4n) is 1.85. The molecule has 0 saturated heterocycles. The summed E-state index contributed by atoms with van der Waals surface area (Å²) in [6, 6.07) is 7.89. The van der Waals surface area contributed by atoms with E-state index in [0.29, 0.717) is 11.3 Å². The standard InChI is InChI=1S/C15H11ClFNO3/c1-8-6-10(3-5-11(8)15(20)21)18-14(19)12-4-2-9(17)7-13(12)16/h2-7H,1H3,(H,18,19)(H,20,21). The Hall–Kier alpha value is -2.40. The predicted octanol–water partition coefficient (Wildman–Crippen LogP) is 3.74. The zero-order chi connectivity index (χ0) is 15.6. The van der Waals surface area contributed by atoms with E-state index in [0.717, 1.165) is 12.1 Å². The first-order chi connectivity index (χ1) is 9.88. The van der Waals surface area contributed by atoms with Gasteiger partial charge in [-0.2, -0.15) is 0 Å². The molecule has 0 heterocycles. The van der Waals surface area contributed by atoms with Gasteiger partial charge in [-0.15, -0.1) is 0 Å². The van der Waals surface area contributed by atoms with Crippen LogP contribution in [-0.2, 0) is 0 Å². The van der Waals surface area contributed by atoms with Crippen molar-refractivity contribution in [3.8, 4) is 0 Å². The van der Waals surface area contributed by atoms with Gasteiger partial charge in [0.1, 0.15) is 5.82 Å². The second-order valence-electron chi connectivity index (χ2n) is 4.41. The number of halogens is 2. The minimum absolute atomic E-state index is 0.00591. The average molecular weight is 308 g/mol. The molecule has 2 aromatic rings. The quantitative estimate of drug-likeness (QED) is 0.907. The van der Waals surface area contributed by atoms with E-state index in [1.807, 2.05) is 0 Å². The topological polar surface area (TPSA) is 66.4 Å². The maximum atomic E-state index is 12.9. The molecule has 0 bridgehead atoms. The third-order valence-corrected chi connectivity index (χ3v) is 3.20. The van der Waals surface area contributed by atoms with Crippen molar-refractivity contribution in [1.29, 1.82) is 0 Å². The number of anilines is 1. The lowest BCUT2D eigenvalue weighted by atomic mass is 10.1. The van der Waals surface area contributed by atoms with Gasteiger partial charge in [-0.25, -0.2) is 9.18 Å². The van der Waals surface area contributed by atoms with E-state index in [1.54, 1.807) is 13.0 Å². The van der Waals surface area contributed by atoms with Crippen LogP contribution < -0.4 is 5.32 Å². The summed E-state index contributed by atoms with van der Waals surface area (Å²) >= 11 is 5.81. The van der Waals surface area contributed by atoms with Crippen LogP contribution in [-0.4, -0.2) is 17.0 Å². The van der Waals surface area contributed by atoms with E-state index in [1.165, 1.54) is 18.2 Å². The van der Waals surface area contributed by atoms with Gasteiger partial charge < -0.3 is 10.4 Å². The molecule has 0 spiro atoms. The molecule has 0 aliphatic rings. The van der Waals surface area contributed by atoms with Crippen molar-refractivity contribution in [2.75, 3.05) is 5.32 Å². The zero-order valence-electron chi connectivity index (χ0n) is 11.0. The third kappa shape index (κ3) is 3.38. The Balaban J connectivity index is 2.23. The summed E-state index contributed by atoms with van der Waals surface area (Å²) in [5.74, 6) is -2.06. The third-order valence-electron chi connectivity index (χ3n) is 2.89. The monoisotopic (exact) mass is 307 g/mol. The fraction of sp³-hybridized carbons (Fsp3) is 0.0667. The highest BCUT2D eigenvalue weighted by molar-refractivity contribution is 6.34. The van der Waals surface area contributed by atoms with E-state index < -0.39 is 17.7 Å². The van der Waals surface area contributed by atoms with Gasteiger partial charge in [0.15, 0.2) is 0 Å². The lowest BCUT2D eigenvalue weighted by Crippen LogP contribution is -2.13. The van der Waals surface area contributed by atoms with Crippen molar-refractivity contribution < 1.29 is 19.1 Å². The van der Waals surface area contributed by atoms with Gasteiger partial charge in [0.05, 0.1) is 16.1 Å². The summed E-state index contributed by atoms with van der Waals surface area (Å²) in [6.07, 6.45) is 0. The molecule has 1 amide bonds. The molecule has 0 saturated carbocycles. The van der Waals surface area contributed by atoms with Crippen LogP contribution in [0.15, 0.2) is 36.4 Å². The summed E-state index contributed by atoms with van der Waals surface area (Å²) < 4.78 is 12.9. The van der Waals surface area contributed by atoms with Crippen molar-refractivity contribution in [1.82, 2.24) is 0 Å². The minimum atomic E-state index is -1.04. The van der Waals surface area contributed by atoms with Crippen LogP contribution in [0, 0.1) is 12.7 Å². The lowest BCUT2D eigenvalue weighted by Gasteiger charge is -2.09. The predicted molar refractivity (Wildman–Crippen MR) is 77.5 cm³/mol. The van der Waals surface area contributed by atoms with Gasteiger partial charge in [-0.05, 0) is 48.9 Å². The van der Waals surface area contributed by atoms with E-state index in [-0.39, 0.29) is 16.1 Å². The summed E-state index contributed by atoms with van der Waals surface area (Å²) in [5, 5.41) is 11.5. The van der Waals surface area contributed by atoms with Crippen LogP contribution in [0.25, 0.3) is 0 Å². The highest BCUT2D eigenvalue weighted by atomic mass is 35.5. The first-order valence-electron chi connectivity index (χ1n) is 5.99. The number of amides is 1. The molecular formula is C15H11ClFNO3. The Labute approximate surface area is 125 Å². The van der Waals surface area contributed by atoms with Crippen LogP contribution in [0.1, 0.15) is 26.3 Å². The average Bonchev–Trinajstić information content (AvgIpc) is 2.37. The SMILES string of the molecule is Cc1cc(NC(=O)c2ccc(F)cc2Cl)ccc1C(=O)O. The van der Waals surface area contributed by atoms with Gasteiger partial charge in [-0.1, -0.05) is 11.6 Å². The Kier molecular flexibility index (Phi) is 4.23. The minimum Gasteiger partial charge on any atom is -0.478 e. The molecule has 2 N–H and O–H groups in total. The van der Waals surface area contributed by atoms with Crippen molar-refractivity contribution in [3.05, 3.63) is 63.9 Å². The maximum absolute atomic E-state index is 12.9. The zero-order valence-corrected chi connectivity index (χ0v) is 11.7. The Morgan fingerprint density at radius 3 is 2.38 bits per heavy atom.